The van der Waals surface area contributed by atoms with Crippen LogP contribution in [0.2, 0.25) is 24.2 Å². The van der Waals surface area contributed by atoms with E-state index in [9.17, 15) is 4.79 Å². The van der Waals surface area contributed by atoms with E-state index in [0.29, 0.717) is 18.5 Å². The molecule has 0 aromatic rings. The van der Waals surface area contributed by atoms with Crippen LogP contribution in [0, 0.1) is 0 Å². The van der Waals surface area contributed by atoms with Crippen molar-refractivity contribution in [3.8, 4) is 0 Å². The van der Waals surface area contributed by atoms with Crippen molar-refractivity contribution in [1.82, 2.24) is 0 Å². The number of hydrogen-bond donors (Lipinski definition) is 2. The third-order valence-corrected chi connectivity index (χ3v) is 9.09. The molecule has 0 aromatic heterocycles. The Morgan fingerprint density at radius 3 is 2.43 bits per heavy atom. The second-order valence-electron chi connectivity index (χ2n) is 4.75. The molecule has 1 rings (SSSR count). The van der Waals surface area contributed by atoms with Crippen LogP contribution in [0.3, 0.4) is 0 Å². The van der Waals surface area contributed by atoms with Gasteiger partial charge in [-0.2, -0.15) is 0 Å². The number of nitrogens with two attached hydrogens (primary N) is 1. The Kier molecular flexibility index (Phi) is 4.13. The number of rotatable bonds is 4. The summed E-state index contributed by atoms with van der Waals surface area (Å²) in [4.78, 5) is 10.7. The Hall–Kier alpha value is -0.353. The minimum Gasteiger partial charge on any atom is -0.481 e. The van der Waals surface area contributed by atoms with Crippen molar-refractivity contribution >= 4 is 14.0 Å². The van der Waals surface area contributed by atoms with E-state index in [1.807, 2.05) is 0 Å². The Morgan fingerprint density at radius 2 is 2.00 bits per heavy atom. The van der Waals surface area contributed by atoms with Crippen LogP contribution in [0.4, 0.5) is 0 Å². The molecule has 1 saturated heterocycles. The maximum Gasteiger partial charge on any atom is 0.303 e. The van der Waals surface area contributed by atoms with E-state index in [2.05, 4.69) is 6.55 Å². The van der Waals surface area contributed by atoms with Crippen LogP contribution in [0.5, 0.6) is 0 Å². The van der Waals surface area contributed by atoms with Crippen LogP contribution < -0.4 is 5.73 Å². The van der Waals surface area contributed by atoms with Gasteiger partial charge in [0.1, 0.15) is 0 Å². The molecule has 4 heteroatoms. The summed E-state index contributed by atoms with van der Waals surface area (Å²) in [6, 6.07) is 2.56. The molecule has 0 radical (unpaired) electrons. The molecule has 0 bridgehead atoms. The van der Waals surface area contributed by atoms with Gasteiger partial charge in [0.05, 0.1) is 8.07 Å². The highest BCUT2D eigenvalue weighted by Crippen LogP contribution is 2.38. The zero-order valence-corrected chi connectivity index (χ0v) is 9.96. The predicted octanol–water partition coefficient (Wildman–Crippen LogP) is 2.05. The molecule has 0 aliphatic carbocycles. The standard InChI is InChI=1S/C10H21NO2Si/c1-14(5-3-2-4-6-14)9(8-11)7-10(12)13/h9H,2-8,11H2,1H3,(H,12,13). The van der Waals surface area contributed by atoms with Gasteiger partial charge in [0.25, 0.3) is 0 Å². The van der Waals surface area contributed by atoms with Gasteiger partial charge in [0.2, 0.25) is 0 Å². The number of hydrogen-bond acceptors (Lipinski definition) is 2. The van der Waals surface area contributed by atoms with E-state index >= 15 is 0 Å². The fraction of sp³-hybridized carbons (Fsp3) is 0.900. The molecular formula is C10H21NO2Si. The van der Waals surface area contributed by atoms with E-state index in [1.54, 1.807) is 0 Å². The lowest BCUT2D eigenvalue weighted by Gasteiger charge is -2.37. The molecule has 1 aliphatic heterocycles. The van der Waals surface area contributed by atoms with Crippen LogP contribution in [-0.4, -0.2) is 25.7 Å². The molecule has 0 saturated carbocycles. The Bertz CT molecular complexity index is 202. The second-order valence-corrected chi connectivity index (χ2v) is 9.87. The molecule has 14 heavy (non-hydrogen) atoms. The topological polar surface area (TPSA) is 63.3 Å². The van der Waals surface area contributed by atoms with Crippen LogP contribution in [0.15, 0.2) is 0 Å². The lowest BCUT2D eigenvalue weighted by Crippen LogP contribution is -2.42. The quantitative estimate of drug-likeness (QED) is 0.706. The lowest BCUT2D eigenvalue weighted by atomic mass is 10.2. The summed E-state index contributed by atoms with van der Waals surface area (Å²) in [6.07, 6.45) is 4.20. The largest absolute Gasteiger partial charge is 0.481 e. The molecule has 1 heterocycles. The number of carboxylic acids is 1. The maximum atomic E-state index is 10.7. The van der Waals surface area contributed by atoms with Crippen molar-refractivity contribution in [3.63, 3.8) is 0 Å². The third-order valence-electron chi connectivity index (χ3n) is 3.69. The zero-order chi connectivity index (χ0) is 10.6. The predicted molar refractivity (Wildman–Crippen MR) is 60.1 cm³/mol. The molecule has 3 nitrogen and oxygen atoms in total. The highest BCUT2D eigenvalue weighted by Gasteiger charge is 2.37. The minimum absolute atomic E-state index is 0.291. The van der Waals surface area contributed by atoms with E-state index in [4.69, 9.17) is 10.8 Å². The van der Waals surface area contributed by atoms with Crippen LogP contribution in [0.25, 0.3) is 0 Å². The first-order chi connectivity index (χ1) is 6.58. The number of carbonyl (C=O) groups is 1. The Balaban J connectivity index is 2.60. The average Bonchev–Trinajstić information content (AvgIpc) is 2.15. The van der Waals surface area contributed by atoms with E-state index < -0.39 is 14.0 Å². The maximum absolute atomic E-state index is 10.7. The van der Waals surface area contributed by atoms with Gasteiger partial charge in [0, 0.05) is 6.42 Å². The fourth-order valence-electron chi connectivity index (χ4n) is 2.59. The van der Waals surface area contributed by atoms with Gasteiger partial charge < -0.3 is 10.8 Å². The molecule has 0 amide bonds. The van der Waals surface area contributed by atoms with Gasteiger partial charge in [-0.3, -0.25) is 4.79 Å². The number of carboxylic acid groups (broad SMARTS) is 1. The minimum atomic E-state index is -1.33. The molecule has 82 valence electrons. The number of aliphatic carboxylic acids is 1. The van der Waals surface area contributed by atoms with Crippen LogP contribution in [0.1, 0.15) is 25.7 Å². The first kappa shape index (κ1) is 11.7. The van der Waals surface area contributed by atoms with Crippen molar-refractivity contribution in [2.24, 2.45) is 5.73 Å². The Labute approximate surface area is 86.7 Å². The van der Waals surface area contributed by atoms with E-state index in [0.717, 1.165) is 0 Å². The monoisotopic (exact) mass is 215 g/mol. The third kappa shape index (κ3) is 2.82. The van der Waals surface area contributed by atoms with Crippen molar-refractivity contribution in [1.29, 1.82) is 0 Å². The lowest BCUT2D eigenvalue weighted by molar-refractivity contribution is -0.137. The smallest absolute Gasteiger partial charge is 0.303 e. The molecule has 0 spiro atoms. The first-order valence-corrected chi connectivity index (χ1v) is 8.49. The first-order valence-electron chi connectivity index (χ1n) is 5.50. The summed E-state index contributed by atoms with van der Waals surface area (Å²) in [6.45, 7) is 2.90. The summed E-state index contributed by atoms with van der Waals surface area (Å²) in [5.74, 6) is -0.681. The van der Waals surface area contributed by atoms with Gasteiger partial charge >= 0.3 is 5.97 Å². The summed E-state index contributed by atoms with van der Waals surface area (Å²) >= 11 is 0. The average molecular weight is 215 g/mol. The summed E-state index contributed by atoms with van der Waals surface area (Å²) in [7, 11) is -1.33. The van der Waals surface area contributed by atoms with E-state index in [1.165, 1.54) is 31.4 Å². The summed E-state index contributed by atoms with van der Waals surface area (Å²) < 4.78 is 0. The molecule has 1 aliphatic rings. The molecule has 1 fully saturated rings. The van der Waals surface area contributed by atoms with Gasteiger partial charge in [-0.05, 0) is 12.1 Å². The highest BCUT2D eigenvalue weighted by molar-refractivity contribution is 6.80. The van der Waals surface area contributed by atoms with Gasteiger partial charge in [-0.15, -0.1) is 0 Å². The Morgan fingerprint density at radius 1 is 1.43 bits per heavy atom. The van der Waals surface area contributed by atoms with Crippen molar-refractivity contribution in [2.75, 3.05) is 6.54 Å². The molecule has 1 atom stereocenters. The molecular weight excluding hydrogens is 194 g/mol. The van der Waals surface area contributed by atoms with Crippen molar-refractivity contribution in [2.45, 2.75) is 49.9 Å². The highest BCUT2D eigenvalue weighted by atomic mass is 28.3. The summed E-state index contributed by atoms with van der Waals surface area (Å²) in [5, 5.41) is 8.83. The van der Waals surface area contributed by atoms with Crippen molar-refractivity contribution < 1.29 is 9.90 Å². The van der Waals surface area contributed by atoms with E-state index in [-0.39, 0.29) is 0 Å². The zero-order valence-electron chi connectivity index (χ0n) is 8.96. The molecule has 3 N–H and O–H groups in total. The molecule has 0 aromatic carbocycles. The van der Waals surface area contributed by atoms with Crippen LogP contribution in [-0.2, 0) is 4.79 Å². The van der Waals surface area contributed by atoms with Gasteiger partial charge in [-0.25, -0.2) is 0 Å². The fourth-order valence-corrected chi connectivity index (χ4v) is 7.01. The van der Waals surface area contributed by atoms with Crippen molar-refractivity contribution in [3.05, 3.63) is 0 Å². The van der Waals surface area contributed by atoms with Gasteiger partial charge in [-0.1, -0.05) is 37.9 Å². The summed E-state index contributed by atoms with van der Waals surface area (Å²) in [5.41, 5.74) is 6.00. The molecule has 1 unspecified atom stereocenters. The van der Waals surface area contributed by atoms with Gasteiger partial charge in [0.15, 0.2) is 0 Å². The SMILES string of the molecule is C[Si]1(C(CN)CC(=O)O)CCCCC1. The second kappa shape index (κ2) is 4.93. The normalized spacial score (nSPS) is 23.0. The van der Waals surface area contributed by atoms with Crippen LogP contribution >= 0.6 is 0 Å².